The van der Waals surface area contributed by atoms with Crippen LogP contribution in [0.4, 0.5) is 17.1 Å². The summed E-state index contributed by atoms with van der Waals surface area (Å²) < 4.78 is 6.12. The van der Waals surface area contributed by atoms with Gasteiger partial charge in [0, 0.05) is 27.8 Å². The van der Waals surface area contributed by atoms with Crippen LogP contribution in [0, 0.1) is 13.8 Å². The van der Waals surface area contributed by atoms with Crippen molar-refractivity contribution in [1.82, 2.24) is 0 Å². The smallest absolute Gasteiger partial charge is 0.135 e. The molecule has 0 radical (unpaired) electrons. The quantitative estimate of drug-likeness (QED) is 0.152. The SMILES string of the molecule is Cc1cc(-c2ccc3oc4ccccc4c3c2)ccc1-c1ccc(N(c2ccc(-c3cccc(-c4ccccc4)c3)cc2)c2ccc(-c3cccc4ccccc34)cc2)cc1C. The maximum atomic E-state index is 6.12. The first-order chi connectivity index (χ1) is 30.5. The van der Waals surface area contributed by atoms with Crippen LogP contribution in [0.5, 0.6) is 0 Å². The Kier molecular flexibility index (Phi) is 9.32. The summed E-state index contributed by atoms with van der Waals surface area (Å²) >= 11 is 0. The van der Waals surface area contributed by atoms with E-state index in [1.165, 1.54) is 77.5 Å². The van der Waals surface area contributed by atoms with Crippen molar-refractivity contribution in [2.24, 2.45) is 0 Å². The number of rotatable bonds is 8. The maximum Gasteiger partial charge on any atom is 0.135 e. The second-order valence-electron chi connectivity index (χ2n) is 16.2. The Balaban J connectivity index is 0.949. The number of hydrogen-bond acceptors (Lipinski definition) is 2. The Labute approximate surface area is 362 Å². The number of hydrogen-bond donors (Lipinski definition) is 0. The summed E-state index contributed by atoms with van der Waals surface area (Å²) in [6.45, 7) is 4.45. The van der Waals surface area contributed by atoms with E-state index in [1.807, 2.05) is 12.1 Å². The van der Waals surface area contributed by atoms with Crippen LogP contribution in [-0.4, -0.2) is 0 Å². The Morgan fingerprint density at radius 2 is 0.790 bits per heavy atom. The van der Waals surface area contributed by atoms with Gasteiger partial charge in [-0.15, -0.1) is 0 Å². The highest BCUT2D eigenvalue weighted by atomic mass is 16.3. The zero-order chi connectivity index (χ0) is 41.6. The highest BCUT2D eigenvalue weighted by Crippen LogP contribution is 2.41. The molecule has 0 N–H and O–H groups in total. The zero-order valence-electron chi connectivity index (χ0n) is 34.7. The predicted octanol–water partition coefficient (Wildman–Crippen LogP) is 17.2. The fraction of sp³-hybridized carbons (Fsp3) is 0.0333. The van der Waals surface area contributed by atoms with Crippen molar-refractivity contribution in [2.75, 3.05) is 4.90 Å². The van der Waals surface area contributed by atoms with Gasteiger partial charge < -0.3 is 9.32 Å². The van der Waals surface area contributed by atoms with Gasteiger partial charge in [-0.1, -0.05) is 164 Å². The summed E-state index contributed by atoms with van der Waals surface area (Å²) in [4.78, 5) is 2.37. The lowest BCUT2D eigenvalue weighted by atomic mass is 9.92. The van der Waals surface area contributed by atoms with Gasteiger partial charge in [-0.2, -0.15) is 0 Å². The third-order valence-electron chi connectivity index (χ3n) is 12.3. The Morgan fingerprint density at radius 1 is 0.290 bits per heavy atom. The van der Waals surface area contributed by atoms with Crippen molar-refractivity contribution < 1.29 is 4.42 Å². The van der Waals surface area contributed by atoms with Crippen molar-refractivity contribution in [2.45, 2.75) is 13.8 Å². The molecule has 0 bridgehead atoms. The molecule has 1 aromatic heterocycles. The molecule has 11 rings (SSSR count). The number of aryl methyl sites for hydroxylation is 2. The first-order valence-corrected chi connectivity index (χ1v) is 21.3. The second kappa shape index (κ2) is 15.6. The molecule has 0 aliphatic carbocycles. The molecular weight excluding hydrogens is 751 g/mol. The van der Waals surface area contributed by atoms with E-state index in [4.69, 9.17) is 4.42 Å². The Morgan fingerprint density at radius 3 is 1.53 bits per heavy atom. The lowest BCUT2D eigenvalue weighted by Crippen LogP contribution is -2.10. The molecule has 294 valence electrons. The highest BCUT2D eigenvalue weighted by molar-refractivity contribution is 6.06. The third kappa shape index (κ3) is 6.82. The van der Waals surface area contributed by atoms with E-state index >= 15 is 0 Å². The molecule has 0 unspecified atom stereocenters. The predicted molar refractivity (Wildman–Crippen MR) is 263 cm³/mol. The van der Waals surface area contributed by atoms with Gasteiger partial charge in [0.15, 0.2) is 0 Å². The van der Waals surface area contributed by atoms with Crippen LogP contribution >= 0.6 is 0 Å². The molecule has 10 aromatic carbocycles. The summed E-state index contributed by atoms with van der Waals surface area (Å²) in [5.41, 5.74) is 19.7. The van der Waals surface area contributed by atoms with Gasteiger partial charge in [-0.25, -0.2) is 0 Å². The van der Waals surface area contributed by atoms with Gasteiger partial charge in [0.05, 0.1) is 0 Å². The van der Waals surface area contributed by atoms with Gasteiger partial charge in [0.1, 0.15) is 11.2 Å². The van der Waals surface area contributed by atoms with Gasteiger partial charge in [0.2, 0.25) is 0 Å². The largest absolute Gasteiger partial charge is 0.456 e. The second-order valence-corrected chi connectivity index (χ2v) is 16.2. The summed E-state index contributed by atoms with van der Waals surface area (Å²) in [7, 11) is 0. The molecule has 0 saturated heterocycles. The van der Waals surface area contributed by atoms with Crippen LogP contribution < -0.4 is 4.90 Å². The number of anilines is 3. The summed E-state index contributed by atoms with van der Waals surface area (Å²) in [5.74, 6) is 0. The molecule has 0 aliphatic heterocycles. The van der Waals surface area contributed by atoms with E-state index in [9.17, 15) is 0 Å². The van der Waals surface area contributed by atoms with E-state index in [1.54, 1.807) is 0 Å². The van der Waals surface area contributed by atoms with E-state index in [2.05, 4.69) is 231 Å². The van der Waals surface area contributed by atoms with Crippen LogP contribution in [0.15, 0.2) is 229 Å². The number of benzene rings is 10. The number of fused-ring (bicyclic) bond motifs is 4. The number of para-hydroxylation sites is 1. The fourth-order valence-corrected chi connectivity index (χ4v) is 9.17. The fourth-order valence-electron chi connectivity index (χ4n) is 9.17. The molecular formula is C60H43NO. The van der Waals surface area contributed by atoms with Crippen LogP contribution in [0.3, 0.4) is 0 Å². The minimum absolute atomic E-state index is 0.915. The molecule has 0 fully saturated rings. The Hall–Kier alpha value is -7.94. The van der Waals surface area contributed by atoms with Crippen molar-refractivity contribution in [3.63, 3.8) is 0 Å². The summed E-state index contributed by atoms with van der Waals surface area (Å²) in [5, 5.41) is 4.79. The number of nitrogens with zero attached hydrogens (tertiary/aromatic N) is 1. The third-order valence-corrected chi connectivity index (χ3v) is 12.3. The summed E-state index contributed by atoms with van der Waals surface area (Å²) in [6, 6.07) is 81.1. The van der Waals surface area contributed by atoms with Crippen LogP contribution in [0.2, 0.25) is 0 Å². The van der Waals surface area contributed by atoms with E-state index in [0.29, 0.717) is 0 Å². The van der Waals surface area contributed by atoms with Gasteiger partial charge in [-0.05, 0) is 152 Å². The summed E-state index contributed by atoms with van der Waals surface area (Å²) in [6.07, 6.45) is 0. The van der Waals surface area contributed by atoms with Crippen molar-refractivity contribution in [3.05, 3.63) is 236 Å². The molecule has 11 aromatic rings. The average Bonchev–Trinajstić information content (AvgIpc) is 3.71. The van der Waals surface area contributed by atoms with E-state index in [0.717, 1.165) is 39.0 Å². The van der Waals surface area contributed by atoms with Crippen LogP contribution in [-0.2, 0) is 0 Å². The van der Waals surface area contributed by atoms with Crippen molar-refractivity contribution in [3.8, 4) is 55.6 Å². The lowest BCUT2D eigenvalue weighted by Gasteiger charge is -2.27. The normalized spacial score (nSPS) is 11.4. The van der Waals surface area contributed by atoms with Gasteiger partial charge >= 0.3 is 0 Å². The average molecular weight is 794 g/mol. The minimum atomic E-state index is 0.915. The topological polar surface area (TPSA) is 16.4 Å². The van der Waals surface area contributed by atoms with Crippen molar-refractivity contribution in [1.29, 1.82) is 0 Å². The van der Waals surface area contributed by atoms with E-state index in [-0.39, 0.29) is 0 Å². The highest BCUT2D eigenvalue weighted by Gasteiger charge is 2.17. The molecule has 0 saturated carbocycles. The zero-order valence-corrected chi connectivity index (χ0v) is 34.7. The molecule has 62 heavy (non-hydrogen) atoms. The molecule has 0 spiro atoms. The number of furan rings is 1. The monoisotopic (exact) mass is 793 g/mol. The van der Waals surface area contributed by atoms with Gasteiger partial charge in [0.25, 0.3) is 0 Å². The lowest BCUT2D eigenvalue weighted by molar-refractivity contribution is 0.669. The molecule has 0 aliphatic rings. The van der Waals surface area contributed by atoms with Crippen LogP contribution in [0.25, 0.3) is 88.3 Å². The Bertz CT molecular complexity index is 3410. The molecule has 0 atom stereocenters. The van der Waals surface area contributed by atoms with Crippen LogP contribution in [0.1, 0.15) is 11.1 Å². The van der Waals surface area contributed by atoms with Crippen molar-refractivity contribution >= 4 is 49.8 Å². The maximum absolute atomic E-state index is 6.12. The molecule has 0 amide bonds. The standard InChI is InChI=1S/C60H43NO/c1-40-36-48(49-27-35-60-58(39-49)57-19-8-9-21-59(57)62-60)26-33-53(40)54-34-32-52(37-41(54)2)61(51-30-24-45(25-31-51)56-20-11-15-44-14-6-7-18-55(44)56)50-28-22-43(23-29-50)47-17-10-16-46(38-47)42-12-4-3-5-13-42/h3-39H,1-2H3. The first-order valence-electron chi connectivity index (χ1n) is 21.3. The molecule has 2 nitrogen and oxygen atoms in total. The first kappa shape index (κ1) is 37.1. The van der Waals surface area contributed by atoms with E-state index < -0.39 is 0 Å². The molecule has 2 heteroatoms. The molecule has 1 heterocycles. The van der Waals surface area contributed by atoms with Gasteiger partial charge in [-0.3, -0.25) is 0 Å². The minimum Gasteiger partial charge on any atom is -0.456 e.